The second kappa shape index (κ2) is 6.36. The molecule has 108 valence electrons. The minimum absolute atomic E-state index is 0.0198. The van der Waals surface area contributed by atoms with E-state index >= 15 is 0 Å². The van der Waals surface area contributed by atoms with Crippen LogP contribution in [0.2, 0.25) is 0 Å². The quantitative estimate of drug-likeness (QED) is 0.640. The lowest BCUT2D eigenvalue weighted by Crippen LogP contribution is -2.37. The fourth-order valence-corrected chi connectivity index (χ4v) is 2.03. The van der Waals surface area contributed by atoms with Crippen LogP contribution in [-0.2, 0) is 0 Å². The molecule has 20 heavy (non-hydrogen) atoms. The summed E-state index contributed by atoms with van der Waals surface area (Å²) in [5.74, 6) is 0.643. The van der Waals surface area contributed by atoms with Gasteiger partial charge < -0.3 is 10.2 Å². The van der Waals surface area contributed by atoms with Crippen molar-refractivity contribution in [3.8, 4) is 0 Å². The summed E-state index contributed by atoms with van der Waals surface area (Å²) in [7, 11) is 0. The molecule has 0 spiro atoms. The summed E-state index contributed by atoms with van der Waals surface area (Å²) in [5, 5.41) is 13.4. The topological polar surface area (TPSA) is 75.5 Å². The van der Waals surface area contributed by atoms with Crippen LogP contribution >= 0.6 is 0 Å². The van der Waals surface area contributed by atoms with Crippen LogP contribution in [0.15, 0.2) is 24.3 Å². The maximum absolute atomic E-state index is 12.2. The lowest BCUT2D eigenvalue weighted by atomic mass is 10.3. The SMILES string of the molecule is CCCN(CC1CC1)C(=O)Nc1ccc([N+](=O)[O-])cc1. The molecule has 0 aliphatic heterocycles. The lowest BCUT2D eigenvalue weighted by molar-refractivity contribution is -0.384. The summed E-state index contributed by atoms with van der Waals surface area (Å²) in [4.78, 5) is 24.1. The summed E-state index contributed by atoms with van der Waals surface area (Å²) in [6, 6.07) is 5.75. The standard InChI is InChI=1S/C14H19N3O3/c1-2-9-16(10-11-3-4-11)14(18)15-12-5-7-13(8-6-12)17(19)20/h5-8,11H,2-4,9-10H2,1H3,(H,15,18). The normalized spacial score (nSPS) is 13.8. The Bertz CT molecular complexity index is 483. The Morgan fingerprint density at radius 1 is 1.40 bits per heavy atom. The first-order chi connectivity index (χ1) is 9.60. The van der Waals surface area contributed by atoms with Crippen LogP contribution in [0.5, 0.6) is 0 Å². The molecule has 1 aliphatic rings. The first-order valence-corrected chi connectivity index (χ1v) is 6.90. The number of amides is 2. The first kappa shape index (κ1) is 14.3. The number of anilines is 1. The van der Waals surface area contributed by atoms with Crippen molar-refractivity contribution in [3.63, 3.8) is 0 Å². The Hall–Kier alpha value is -2.11. The second-order valence-corrected chi connectivity index (χ2v) is 5.12. The van der Waals surface area contributed by atoms with Gasteiger partial charge in [0.05, 0.1) is 4.92 Å². The molecule has 6 nitrogen and oxygen atoms in total. The molecule has 1 saturated carbocycles. The number of nitro benzene ring substituents is 1. The number of non-ortho nitro benzene ring substituents is 1. The van der Waals surface area contributed by atoms with Crippen molar-refractivity contribution in [2.75, 3.05) is 18.4 Å². The summed E-state index contributed by atoms with van der Waals surface area (Å²) in [6.45, 7) is 3.57. The number of hydrogen-bond donors (Lipinski definition) is 1. The largest absolute Gasteiger partial charge is 0.324 e. The summed E-state index contributed by atoms with van der Waals surface area (Å²) in [5.41, 5.74) is 0.601. The molecule has 1 fully saturated rings. The third kappa shape index (κ3) is 3.94. The number of carbonyl (C=O) groups excluding carboxylic acids is 1. The number of urea groups is 1. The molecular formula is C14H19N3O3. The van der Waals surface area contributed by atoms with E-state index in [1.54, 1.807) is 12.1 Å². The van der Waals surface area contributed by atoms with E-state index in [1.807, 2.05) is 11.8 Å². The van der Waals surface area contributed by atoms with Gasteiger partial charge in [-0.15, -0.1) is 0 Å². The fourth-order valence-electron chi connectivity index (χ4n) is 2.03. The maximum Gasteiger partial charge on any atom is 0.321 e. The number of carbonyl (C=O) groups is 1. The maximum atomic E-state index is 12.2. The molecule has 0 unspecified atom stereocenters. The molecule has 1 aromatic rings. The van der Waals surface area contributed by atoms with E-state index in [0.29, 0.717) is 11.6 Å². The van der Waals surface area contributed by atoms with Crippen molar-refractivity contribution < 1.29 is 9.72 Å². The summed E-state index contributed by atoms with van der Waals surface area (Å²) >= 11 is 0. The predicted octanol–water partition coefficient (Wildman–Crippen LogP) is 3.25. The number of nitro groups is 1. The van der Waals surface area contributed by atoms with Crippen LogP contribution in [0.4, 0.5) is 16.2 Å². The molecule has 0 radical (unpaired) electrons. The molecule has 1 N–H and O–H groups in total. The summed E-state index contributed by atoms with van der Waals surface area (Å²) in [6.07, 6.45) is 3.32. The highest BCUT2D eigenvalue weighted by molar-refractivity contribution is 5.89. The lowest BCUT2D eigenvalue weighted by Gasteiger charge is -2.22. The van der Waals surface area contributed by atoms with E-state index < -0.39 is 4.92 Å². The van der Waals surface area contributed by atoms with Crippen LogP contribution < -0.4 is 5.32 Å². The third-order valence-corrected chi connectivity index (χ3v) is 3.29. The van der Waals surface area contributed by atoms with Crippen molar-refractivity contribution in [1.29, 1.82) is 0 Å². The van der Waals surface area contributed by atoms with Gasteiger partial charge in [0.25, 0.3) is 5.69 Å². The second-order valence-electron chi connectivity index (χ2n) is 5.12. The molecule has 1 aliphatic carbocycles. The van der Waals surface area contributed by atoms with E-state index in [0.717, 1.165) is 19.5 Å². The number of nitrogens with one attached hydrogen (secondary N) is 1. The molecule has 6 heteroatoms. The van der Waals surface area contributed by atoms with Gasteiger partial charge in [0.2, 0.25) is 0 Å². The Morgan fingerprint density at radius 3 is 2.55 bits per heavy atom. The van der Waals surface area contributed by atoms with Gasteiger partial charge in [0.1, 0.15) is 0 Å². The minimum Gasteiger partial charge on any atom is -0.324 e. The molecule has 0 atom stereocenters. The molecule has 1 aromatic carbocycles. The Labute approximate surface area is 117 Å². The zero-order chi connectivity index (χ0) is 14.5. The van der Waals surface area contributed by atoms with Gasteiger partial charge in [-0.2, -0.15) is 0 Å². The highest BCUT2D eigenvalue weighted by Gasteiger charge is 2.26. The zero-order valence-electron chi connectivity index (χ0n) is 11.5. The van der Waals surface area contributed by atoms with E-state index in [4.69, 9.17) is 0 Å². The number of benzene rings is 1. The number of hydrogen-bond acceptors (Lipinski definition) is 3. The van der Waals surface area contributed by atoms with Crippen molar-refractivity contribution in [2.45, 2.75) is 26.2 Å². The molecule has 0 heterocycles. The predicted molar refractivity (Wildman–Crippen MR) is 76.7 cm³/mol. The van der Waals surface area contributed by atoms with Gasteiger partial charge in [0, 0.05) is 30.9 Å². The highest BCUT2D eigenvalue weighted by Crippen LogP contribution is 2.30. The molecule has 0 bridgehead atoms. The summed E-state index contributed by atoms with van der Waals surface area (Å²) < 4.78 is 0. The highest BCUT2D eigenvalue weighted by atomic mass is 16.6. The van der Waals surface area contributed by atoms with Gasteiger partial charge in [-0.25, -0.2) is 4.79 Å². The Kier molecular flexibility index (Phi) is 4.55. The number of rotatable bonds is 6. The van der Waals surface area contributed by atoms with E-state index in [-0.39, 0.29) is 11.7 Å². The van der Waals surface area contributed by atoms with Crippen LogP contribution in [0.3, 0.4) is 0 Å². The molecule has 0 saturated heterocycles. The van der Waals surface area contributed by atoms with Crippen LogP contribution in [-0.4, -0.2) is 28.9 Å². The minimum atomic E-state index is -0.456. The van der Waals surface area contributed by atoms with Crippen molar-refractivity contribution in [2.24, 2.45) is 5.92 Å². The van der Waals surface area contributed by atoms with Crippen LogP contribution in [0, 0.1) is 16.0 Å². The first-order valence-electron chi connectivity index (χ1n) is 6.90. The van der Waals surface area contributed by atoms with E-state index in [2.05, 4.69) is 5.32 Å². The Balaban J connectivity index is 1.95. The van der Waals surface area contributed by atoms with Crippen LogP contribution in [0.1, 0.15) is 26.2 Å². The van der Waals surface area contributed by atoms with Crippen LogP contribution in [0.25, 0.3) is 0 Å². The average Bonchev–Trinajstić information content (AvgIpc) is 3.23. The molecule has 0 aromatic heterocycles. The van der Waals surface area contributed by atoms with Gasteiger partial charge >= 0.3 is 6.03 Å². The van der Waals surface area contributed by atoms with Crippen molar-refractivity contribution >= 4 is 17.4 Å². The molecular weight excluding hydrogens is 258 g/mol. The molecule has 2 amide bonds. The smallest absolute Gasteiger partial charge is 0.321 e. The average molecular weight is 277 g/mol. The third-order valence-electron chi connectivity index (χ3n) is 3.29. The van der Waals surface area contributed by atoms with Gasteiger partial charge in [-0.05, 0) is 37.3 Å². The van der Waals surface area contributed by atoms with Gasteiger partial charge in [-0.1, -0.05) is 6.92 Å². The number of nitrogens with zero attached hydrogens (tertiary/aromatic N) is 2. The zero-order valence-corrected chi connectivity index (χ0v) is 11.5. The fraction of sp³-hybridized carbons (Fsp3) is 0.500. The van der Waals surface area contributed by atoms with E-state index in [1.165, 1.54) is 25.0 Å². The monoisotopic (exact) mass is 277 g/mol. The van der Waals surface area contributed by atoms with Crippen molar-refractivity contribution in [1.82, 2.24) is 4.90 Å². The van der Waals surface area contributed by atoms with Gasteiger partial charge in [-0.3, -0.25) is 10.1 Å². The van der Waals surface area contributed by atoms with Gasteiger partial charge in [0.15, 0.2) is 0 Å². The molecule has 2 rings (SSSR count). The van der Waals surface area contributed by atoms with Crippen molar-refractivity contribution in [3.05, 3.63) is 34.4 Å². The Morgan fingerprint density at radius 2 is 2.05 bits per heavy atom. The van der Waals surface area contributed by atoms with E-state index in [9.17, 15) is 14.9 Å².